The lowest BCUT2D eigenvalue weighted by atomic mass is 10.2. The van der Waals surface area contributed by atoms with Gasteiger partial charge >= 0.3 is 0 Å². The third kappa shape index (κ3) is 4.91. The number of methoxy groups -OCH3 is 1. The van der Waals surface area contributed by atoms with Crippen molar-refractivity contribution < 1.29 is 9.53 Å². The molecule has 0 atom stereocenters. The van der Waals surface area contributed by atoms with Crippen molar-refractivity contribution in [3.63, 3.8) is 0 Å². The fraction of sp³-hybridized carbons (Fsp3) is 0.476. The van der Waals surface area contributed by atoms with E-state index >= 15 is 0 Å². The summed E-state index contributed by atoms with van der Waals surface area (Å²) in [5, 5.41) is 2.94. The van der Waals surface area contributed by atoms with Crippen molar-refractivity contribution in [2.75, 3.05) is 49.6 Å². The van der Waals surface area contributed by atoms with Crippen LogP contribution >= 0.6 is 0 Å². The van der Waals surface area contributed by atoms with Gasteiger partial charge < -0.3 is 19.9 Å². The highest BCUT2D eigenvalue weighted by atomic mass is 16.5. The number of rotatable bonds is 8. The van der Waals surface area contributed by atoms with Crippen molar-refractivity contribution in [2.45, 2.75) is 26.2 Å². The zero-order chi connectivity index (χ0) is 19.8. The number of ether oxygens (including phenoxy) is 1. The van der Waals surface area contributed by atoms with Crippen molar-refractivity contribution in [2.24, 2.45) is 0 Å². The third-order valence-corrected chi connectivity index (χ3v) is 4.98. The number of unbranched alkanes of at least 4 members (excludes halogenated alkanes) is 2. The Kier molecular flexibility index (Phi) is 7.06. The van der Waals surface area contributed by atoms with Crippen LogP contribution in [-0.2, 0) is 0 Å². The number of aromatic nitrogens is 2. The van der Waals surface area contributed by atoms with E-state index in [4.69, 9.17) is 4.74 Å². The van der Waals surface area contributed by atoms with Crippen LogP contribution in [0.3, 0.4) is 0 Å². The molecule has 1 amide bonds. The van der Waals surface area contributed by atoms with E-state index in [1.54, 1.807) is 13.2 Å². The molecule has 2 heterocycles. The molecule has 1 saturated heterocycles. The molecule has 0 aliphatic carbocycles. The zero-order valence-corrected chi connectivity index (χ0v) is 16.7. The Bertz CT molecular complexity index is 775. The number of anilines is 2. The minimum absolute atomic E-state index is 0.132. The summed E-state index contributed by atoms with van der Waals surface area (Å²) in [6.07, 6.45) is 4.72. The SMILES string of the molecule is CCCCCNC(=O)c1cc(N2CCN(c3ccccc3OC)CC2)ncn1. The lowest BCUT2D eigenvalue weighted by molar-refractivity contribution is 0.0948. The zero-order valence-electron chi connectivity index (χ0n) is 16.7. The van der Waals surface area contributed by atoms with Gasteiger partial charge in [-0.1, -0.05) is 31.9 Å². The molecule has 150 valence electrons. The molecule has 1 aromatic carbocycles. The quantitative estimate of drug-likeness (QED) is 0.707. The molecule has 2 aromatic rings. The molecule has 7 nitrogen and oxygen atoms in total. The van der Waals surface area contributed by atoms with E-state index in [0.717, 1.165) is 62.7 Å². The second-order valence-corrected chi connectivity index (χ2v) is 6.87. The first-order chi connectivity index (χ1) is 13.7. The van der Waals surface area contributed by atoms with Gasteiger partial charge in [0.1, 0.15) is 23.6 Å². The molecule has 1 aliphatic heterocycles. The summed E-state index contributed by atoms with van der Waals surface area (Å²) >= 11 is 0. The predicted octanol–water partition coefficient (Wildman–Crippen LogP) is 2.73. The highest BCUT2D eigenvalue weighted by Gasteiger charge is 2.21. The Hall–Kier alpha value is -2.83. The van der Waals surface area contributed by atoms with Crippen LogP contribution < -0.4 is 19.9 Å². The van der Waals surface area contributed by atoms with Crippen molar-refractivity contribution in [3.05, 3.63) is 42.4 Å². The first kappa shape index (κ1) is 19.9. The van der Waals surface area contributed by atoms with Crippen LogP contribution in [0.2, 0.25) is 0 Å². The van der Waals surface area contributed by atoms with Crippen LogP contribution in [0.15, 0.2) is 36.7 Å². The van der Waals surface area contributed by atoms with Gasteiger partial charge in [-0.15, -0.1) is 0 Å². The van der Waals surface area contributed by atoms with Crippen LogP contribution in [0.5, 0.6) is 5.75 Å². The largest absolute Gasteiger partial charge is 0.495 e. The predicted molar refractivity (Wildman–Crippen MR) is 111 cm³/mol. The van der Waals surface area contributed by atoms with E-state index in [1.807, 2.05) is 18.2 Å². The lowest BCUT2D eigenvalue weighted by Gasteiger charge is -2.37. The van der Waals surface area contributed by atoms with Crippen molar-refractivity contribution >= 4 is 17.4 Å². The Morgan fingerprint density at radius 3 is 2.61 bits per heavy atom. The van der Waals surface area contributed by atoms with E-state index in [2.05, 4.69) is 38.1 Å². The second-order valence-electron chi connectivity index (χ2n) is 6.87. The van der Waals surface area contributed by atoms with E-state index < -0.39 is 0 Å². The number of nitrogens with one attached hydrogen (secondary N) is 1. The van der Waals surface area contributed by atoms with E-state index in [-0.39, 0.29) is 5.91 Å². The first-order valence-electron chi connectivity index (χ1n) is 9.96. The summed E-state index contributed by atoms with van der Waals surface area (Å²) in [6, 6.07) is 9.86. The number of nitrogens with zero attached hydrogens (tertiary/aromatic N) is 4. The fourth-order valence-electron chi connectivity index (χ4n) is 3.38. The van der Waals surface area contributed by atoms with E-state index in [9.17, 15) is 4.79 Å². The molecular formula is C21H29N5O2. The average molecular weight is 383 g/mol. The molecule has 28 heavy (non-hydrogen) atoms. The number of para-hydroxylation sites is 2. The highest BCUT2D eigenvalue weighted by molar-refractivity contribution is 5.92. The van der Waals surface area contributed by atoms with Gasteiger partial charge in [0.25, 0.3) is 5.91 Å². The molecule has 0 unspecified atom stereocenters. The maximum Gasteiger partial charge on any atom is 0.270 e. The van der Waals surface area contributed by atoms with Gasteiger partial charge in [-0.3, -0.25) is 4.79 Å². The topological polar surface area (TPSA) is 70.6 Å². The summed E-state index contributed by atoms with van der Waals surface area (Å²) < 4.78 is 5.48. The number of hydrogen-bond donors (Lipinski definition) is 1. The first-order valence-corrected chi connectivity index (χ1v) is 9.96. The van der Waals surface area contributed by atoms with Crippen molar-refractivity contribution in [3.8, 4) is 5.75 Å². The van der Waals surface area contributed by atoms with Crippen LogP contribution in [0.1, 0.15) is 36.7 Å². The summed E-state index contributed by atoms with van der Waals surface area (Å²) in [5.74, 6) is 1.56. The van der Waals surface area contributed by atoms with Gasteiger partial charge in [-0.2, -0.15) is 0 Å². The number of benzene rings is 1. The standard InChI is InChI=1S/C21H29N5O2/c1-3-4-7-10-22-21(27)17-15-20(24-16-23-17)26-13-11-25(12-14-26)18-8-5-6-9-19(18)28-2/h5-6,8-9,15-16H,3-4,7,10-14H2,1-2H3,(H,22,27). The second kappa shape index (κ2) is 9.92. The molecular weight excluding hydrogens is 354 g/mol. The smallest absolute Gasteiger partial charge is 0.270 e. The van der Waals surface area contributed by atoms with Gasteiger partial charge in [-0.05, 0) is 18.6 Å². The summed E-state index contributed by atoms with van der Waals surface area (Å²) in [6.45, 7) is 6.21. The summed E-state index contributed by atoms with van der Waals surface area (Å²) in [5.41, 5.74) is 1.54. The van der Waals surface area contributed by atoms with E-state index in [1.165, 1.54) is 6.33 Å². The normalized spacial score (nSPS) is 14.1. The molecule has 0 spiro atoms. The van der Waals surface area contributed by atoms with Gasteiger partial charge in [-0.25, -0.2) is 9.97 Å². The molecule has 0 bridgehead atoms. The van der Waals surface area contributed by atoms with Crippen molar-refractivity contribution in [1.29, 1.82) is 0 Å². The van der Waals surface area contributed by atoms with Crippen LogP contribution in [0.25, 0.3) is 0 Å². The van der Waals surface area contributed by atoms with Gasteiger partial charge in [0.2, 0.25) is 0 Å². The molecule has 0 saturated carbocycles. The molecule has 1 N–H and O–H groups in total. The van der Waals surface area contributed by atoms with Crippen molar-refractivity contribution in [1.82, 2.24) is 15.3 Å². The molecule has 7 heteroatoms. The maximum absolute atomic E-state index is 12.3. The van der Waals surface area contributed by atoms with Crippen LogP contribution in [-0.4, -0.2) is 55.7 Å². The number of hydrogen-bond acceptors (Lipinski definition) is 6. The van der Waals surface area contributed by atoms with E-state index in [0.29, 0.717) is 12.2 Å². The molecule has 1 fully saturated rings. The number of carbonyl (C=O) groups excluding carboxylic acids is 1. The lowest BCUT2D eigenvalue weighted by Crippen LogP contribution is -2.47. The maximum atomic E-state index is 12.3. The Labute approximate surface area is 166 Å². The molecule has 1 aromatic heterocycles. The van der Waals surface area contributed by atoms with Gasteiger partial charge in [0, 0.05) is 38.8 Å². The molecule has 0 radical (unpaired) electrons. The summed E-state index contributed by atoms with van der Waals surface area (Å²) in [7, 11) is 1.70. The minimum Gasteiger partial charge on any atom is -0.495 e. The minimum atomic E-state index is -0.132. The average Bonchev–Trinajstić information content (AvgIpc) is 2.77. The van der Waals surface area contributed by atoms with Gasteiger partial charge in [0.15, 0.2) is 0 Å². The number of carbonyl (C=O) groups is 1. The fourth-order valence-corrected chi connectivity index (χ4v) is 3.38. The number of amides is 1. The van der Waals surface area contributed by atoms with Crippen LogP contribution in [0, 0.1) is 0 Å². The molecule has 3 rings (SSSR count). The van der Waals surface area contributed by atoms with Gasteiger partial charge in [0.05, 0.1) is 12.8 Å². The number of piperazine rings is 1. The Morgan fingerprint density at radius 2 is 1.86 bits per heavy atom. The third-order valence-electron chi connectivity index (χ3n) is 4.98. The Balaban J connectivity index is 1.59. The monoisotopic (exact) mass is 383 g/mol. The molecule has 1 aliphatic rings. The summed E-state index contributed by atoms with van der Waals surface area (Å²) in [4.78, 5) is 25.3. The Morgan fingerprint density at radius 1 is 1.11 bits per heavy atom. The highest BCUT2D eigenvalue weighted by Crippen LogP contribution is 2.28. The van der Waals surface area contributed by atoms with Crippen LogP contribution in [0.4, 0.5) is 11.5 Å².